The molecule has 0 saturated carbocycles. The lowest BCUT2D eigenvalue weighted by Crippen LogP contribution is -2.46. The van der Waals surface area contributed by atoms with Crippen LogP contribution in [0.1, 0.15) is 23.7 Å². The molecule has 1 atom stereocenters. The van der Waals surface area contributed by atoms with Crippen LogP contribution in [0.25, 0.3) is 0 Å². The summed E-state index contributed by atoms with van der Waals surface area (Å²) in [5.41, 5.74) is 0.180. The minimum absolute atomic E-state index is 0.141. The van der Waals surface area contributed by atoms with Crippen LogP contribution in [0.3, 0.4) is 0 Å². The molecule has 2 heterocycles. The highest BCUT2D eigenvalue weighted by atomic mass is 35.5. The number of hydrogen-bond acceptors (Lipinski definition) is 4. The molecule has 0 spiro atoms. The first-order valence-corrected chi connectivity index (χ1v) is 6.25. The number of carboxylic acid groups (broad SMARTS) is 1. The molecule has 1 fully saturated rings. The van der Waals surface area contributed by atoms with Crippen molar-refractivity contribution in [1.29, 1.82) is 0 Å². The van der Waals surface area contributed by atoms with Gasteiger partial charge in [0.25, 0.3) is 0 Å². The number of hydrogen-bond donors (Lipinski definition) is 1. The second kappa shape index (κ2) is 5.54. The Labute approximate surface area is 110 Å². The van der Waals surface area contributed by atoms with Crippen LogP contribution in [0, 0.1) is 0 Å². The minimum atomic E-state index is -0.990. The summed E-state index contributed by atoms with van der Waals surface area (Å²) in [5.74, 6) is -0.555. The Morgan fingerprint density at radius 3 is 3.11 bits per heavy atom. The lowest BCUT2D eigenvalue weighted by molar-refractivity contribution is 0.0693. The van der Waals surface area contributed by atoms with E-state index in [1.54, 1.807) is 0 Å². The molecule has 1 aliphatic heterocycles. The van der Waals surface area contributed by atoms with E-state index in [9.17, 15) is 9.90 Å². The van der Waals surface area contributed by atoms with Crippen molar-refractivity contribution in [2.24, 2.45) is 0 Å². The molecule has 1 aromatic heterocycles. The maximum Gasteiger partial charge on any atom is 0.339 e. The average Bonchev–Trinajstić information content (AvgIpc) is 2.38. The quantitative estimate of drug-likeness (QED) is 0.852. The fourth-order valence-corrected chi connectivity index (χ4v) is 2.23. The Morgan fingerprint density at radius 2 is 2.44 bits per heavy atom. The lowest BCUT2D eigenvalue weighted by atomic mass is 10.1. The van der Waals surface area contributed by atoms with Gasteiger partial charge in [-0.2, -0.15) is 0 Å². The van der Waals surface area contributed by atoms with E-state index in [4.69, 9.17) is 16.3 Å². The first-order chi connectivity index (χ1) is 8.63. The SMILES string of the molecule is CCC1COCCN1c1nc(Cl)ccc1C(=O)O. The van der Waals surface area contributed by atoms with Gasteiger partial charge in [-0.1, -0.05) is 18.5 Å². The van der Waals surface area contributed by atoms with Crippen molar-refractivity contribution in [2.75, 3.05) is 24.7 Å². The van der Waals surface area contributed by atoms with Crippen LogP contribution in [0.15, 0.2) is 12.1 Å². The molecule has 1 aromatic rings. The second-order valence-corrected chi connectivity index (χ2v) is 4.53. The van der Waals surface area contributed by atoms with Crippen molar-refractivity contribution in [2.45, 2.75) is 19.4 Å². The Balaban J connectivity index is 2.41. The largest absolute Gasteiger partial charge is 0.478 e. The van der Waals surface area contributed by atoms with Gasteiger partial charge < -0.3 is 14.7 Å². The molecule has 18 heavy (non-hydrogen) atoms. The summed E-state index contributed by atoms with van der Waals surface area (Å²) >= 11 is 5.87. The third-order valence-electron chi connectivity index (χ3n) is 3.04. The predicted octanol–water partition coefficient (Wildman–Crippen LogP) is 2.05. The number of carboxylic acids is 1. The van der Waals surface area contributed by atoms with Gasteiger partial charge in [0, 0.05) is 6.54 Å². The molecule has 0 radical (unpaired) electrons. The zero-order chi connectivity index (χ0) is 13.1. The van der Waals surface area contributed by atoms with Crippen molar-refractivity contribution >= 4 is 23.4 Å². The summed E-state index contributed by atoms with van der Waals surface area (Å²) in [4.78, 5) is 17.4. The van der Waals surface area contributed by atoms with Crippen molar-refractivity contribution in [3.05, 3.63) is 22.8 Å². The molecule has 0 aromatic carbocycles. The van der Waals surface area contributed by atoms with Crippen LogP contribution in [0.5, 0.6) is 0 Å². The third-order valence-corrected chi connectivity index (χ3v) is 3.25. The maximum atomic E-state index is 11.2. The van der Waals surface area contributed by atoms with Crippen molar-refractivity contribution in [3.63, 3.8) is 0 Å². The predicted molar refractivity (Wildman–Crippen MR) is 68.5 cm³/mol. The van der Waals surface area contributed by atoms with Crippen molar-refractivity contribution < 1.29 is 14.6 Å². The number of morpholine rings is 1. The highest BCUT2D eigenvalue weighted by molar-refractivity contribution is 6.29. The number of nitrogens with zero attached hydrogens (tertiary/aromatic N) is 2. The van der Waals surface area contributed by atoms with E-state index < -0.39 is 5.97 Å². The molecule has 6 heteroatoms. The lowest BCUT2D eigenvalue weighted by Gasteiger charge is -2.36. The molecule has 2 rings (SSSR count). The number of halogens is 1. The summed E-state index contributed by atoms with van der Waals surface area (Å²) in [6.07, 6.45) is 0.868. The van der Waals surface area contributed by atoms with E-state index in [0.717, 1.165) is 6.42 Å². The summed E-state index contributed by atoms with van der Waals surface area (Å²) < 4.78 is 5.41. The Bertz CT molecular complexity index is 453. The molecular formula is C12H15ClN2O3. The van der Waals surface area contributed by atoms with Crippen LogP contribution < -0.4 is 4.90 Å². The smallest absolute Gasteiger partial charge is 0.339 e. The first-order valence-electron chi connectivity index (χ1n) is 5.87. The molecule has 0 aliphatic carbocycles. The second-order valence-electron chi connectivity index (χ2n) is 4.14. The number of anilines is 1. The molecule has 1 unspecified atom stereocenters. The Hall–Kier alpha value is -1.33. The third kappa shape index (κ3) is 2.57. The van der Waals surface area contributed by atoms with Gasteiger partial charge in [0.05, 0.1) is 19.3 Å². The Kier molecular flexibility index (Phi) is 4.04. The van der Waals surface area contributed by atoms with Crippen LogP contribution in [-0.4, -0.2) is 41.9 Å². The van der Waals surface area contributed by atoms with Crippen LogP contribution in [0.4, 0.5) is 5.82 Å². The van der Waals surface area contributed by atoms with E-state index in [1.165, 1.54) is 12.1 Å². The number of ether oxygens (including phenoxy) is 1. The number of rotatable bonds is 3. The van der Waals surface area contributed by atoms with Gasteiger partial charge >= 0.3 is 5.97 Å². The molecule has 0 amide bonds. The normalized spacial score (nSPS) is 19.9. The van der Waals surface area contributed by atoms with E-state index in [2.05, 4.69) is 4.98 Å². The summed E-state index contributed by atoms with van der Waals surface area (Å²) in [6.45, 7) is 3.83. The Morgan fingerprint density at radius 1 is 1.67 bits per heavy atom. The number of carbonyl (C=O) groups is 1. The van der Waals surface area contributed by atoms with Gasteiger partial charge in [-0.25, -0.2) is 9.78 Å². The highest BCUT2D eigenvalue weighted by Crippen LogP contribution is 2.25. The molecule has 1 N–H and O–H groups in total. The van der Waals surface area contributed by atoms with Gasteiger partial charge in [-0.3, -0.25) is 0 Å². The number of aromatic carboxylic acids is 1. The van der Waals surface area contributed by atoms with Crippen LogP contribution in [0.2, 0.25) is 5.15 Å². The van der Waals surface area contributed by atoms with Crippen LogP contribution >= 0.6 is 11.6 Å². The van der Waals surface area contributed by atoms with Gasteiger partial charge in [0.2, 0.25) is 0 Å². The topological polar surface area (TPSA) is 62.7 Å². The van der Waals surface area contributed by atoms with Gasteiger partial charge in [-0.15, -0.1) is 0 Å². The molecule has 98 valence electrons. The van der Waals surface area contributed by atoms with E-state index >= 15 is 0 Å². The molecule has 1 saturated heterocycles. The van der Waals surface area contributed by atoms with Gasteiger partial charge in [-0.05, 0) is 18.6 Å². The van der Waals surface area contributed by atoms with Crippen molar-refractivity contribution in [3.8, 4) is 0 Å². The van der Waals surface area contributed by atoms with Crippen LogP contribution in [-0.2, 0) is 4.74 Å². The summed E-state index contributed by atoms with van der Waals surface area (Å²) in [6, 6.07) is 3.13. The zero-order valence-corrected chi connectivity index (χ0v) is 10.9. The van der Waals surface area contributed by atoms with E-state index in [1.807, 2.05) is 11.8 Å². The fourth-order valence-electron chi connectivity index (χ4n) is 2.08. The fraction of sp³-hybridized carbons (Fsp3) is 0.500. The standard InChI is InChI=1S/C12H15ClN2O3/c1-2-8-7-18-6-5-15(8)11-9(12(16)17)3-4-10(13)14-11/h3-4,8H,2,5-7H2,1H3,(H,16,17). The number of aromatic nitrogens is 1. The molecule has 0 bridgehead atoms. The minimum Gasteiger partial charge on any atom is -0.478 e. The van der Waals surface area contributed by atoms with Gasteiger partial charge in [0.1, 0.15) is 16.5 Å². The van der Waals surface area contributed by atoms with Crippen molar-refractivity contribution in [1.82, 2.24) is 4.98 Å². The molecule has 1 aliphatic rings. The molecule has 5 nitrogen and oxygen atoms in total. The monoisotopic (exact) mass is 270 g/mol. The molecular weight excluding hydrogens is 256 g/mol. The maximum absolute atomic E-state index is 11.2. The zero-order valence-electron chi connectivity index (χ0n) is 10.1. The van der Waals surface area contributed by atoms with E-state index in [-0.39, 0.29) is 11.6 Å². The summed E-state index contributed by atoms with van der Waals surface area (Å²) in [5, 5.41) is 9.51. The first kappa shape index (κ1) is 13.1. The average molecular weight is 271 g/mol. The van der Waals surface area contributed by atoms with E-state index in [0.29, 0.717) is 30.7 Å². The number of pyridine rings is 1. The summed E-state index contributed by atoms with van der Waals surface area (Å²) in [7, 11) is 0. The van der Waals surface area contributed by atoms with Gasteiger partial charge in [0.15, 0.2) is 0 Å². The highest BCUT2D eigenvalue weighted by Gasteiger charge is 2.26.